The smallest absolute Gasteiger partial charge is 0.244 e. The molecule has 37 heavy (non-hydrogen) atoms. The molecule has 0 aliphatic rings. The average Bonchev–Trinajstić information content (AvgIpc) is 2.86. The van der Waals surface area contributed by atoms with E-state index in [9.17, 15) is 18.0 Å². The van der Waals surface area contributed by atoms with Crippen LogP contribution < -0.4 is 9.62 Å². The summed E-state index contributed by atoms with van der Waals surface area (Å²) in [7, 11) is -3.83. The molecule has 7 nitrogen and oxygen atoms in total. The Bertz CT molecular complexity index is 1360. The van der Waals surface area contributed by atoms with Gasteiger partial charge < -0.3 is 10.2 Å². The van der Waals surface area contributed by atoms with Crippen molar-refractivity contribution in [2.24, 2.45) is 5.92 Å². The van der Waals surface area contributed by atoms with Crippen molar-refractivity contribution in [1.29, 1.82) is 0 Å². The van der Waals surface area contributed by atoms with Crippen molar-refractivity contribution < 1.29 is 18.0 Å². The van der Waals surface area contributed by atoms with Crippen LogP contribution in [-0.2, 0) is 26.2 Å². The highest BCUT2D eigenvalue weighted by molar-refractivity contribution is 7.92. The number of amides is 2. The molecule has 0 aromatic heterocycles. The van der Waals surface area contributed by atoms with E-state index in [0.29, 0.717) is 34.6 Å². The largest absolute Gasteiger partial charge is 0.354 e. The molecule has 9 heteroatoms. The molecule has 0 saturated heterocycles. The average molecular weight is 544 g/mol. The minimum Gasteiger partial charge on any atom is -0.354 e. The third-order valence-electron chi connectivity index (χ3n) is 6.08. The molecule has 2 amide bonds. The maximum Gasteiger partial charge on any atom is 0.244 e. The number of benzene rings is 3. The highest BCUT2D eigenvalue weighted by Crippen LogP contribution is 2.29. The zero-order valence-electron chi connectivity index (χ0n) is 21.6. The molecule has 3 aromatic carbocycles. The number of hydrogen-bond acceptors (Lipinski definition) is 4. The summed E-state index contributed by atoms with van der Waals surface area (Å²) in [5.41, 5.74) is 1.08. The van der Waals surface area contributed by atoms with Crippen LogP contribution in [0.4, 0.5) is 5.69 Å². The number of fused-ring (bicyclic) bond motifs is 1. The molecule has 0 radical (unpaired) electrons. The van der Waals surface area contributed by atoms with Gasteiger partial charge in [0.25, 0.3) is 0 Å². The molecule has 198 valence electrons. The Balaban J connectivity index is 2.02. The quantitative estimate of drug-likeness (QED) is 0.375. The normalized spacial score (nSPS) is 12.4. The Morgan fingerprint density at radius 2 is 1.62 bits per heavy atom. The number of hydrogen-bond donors (Lipinski definition) is 1. The molecule has 3 aromatic rings. The van der Waals surface area contributed by atoms with E-state index in [0.717, 1.165) is 15.9 Å². The van der Waals surface area contributed by atoms with E-state index in [4.69, 9.17) is 11.6 Å². The van der Waals surface area contributed by atoms with Gasteiger partial charge in [-0.2, -0.15) is 0 Å². The number of rotatable bonds is 11. The molecule has 3 rings (SSSR count). The zero-order valence-corrected chi connectivity index (χ0v) is 23.2. The second-order valence-corrected chi connectivity index (χ2v) is 11.8. The van der Waals surface area contributed by atoms with Gasteiger partial charge in [-0.25, -0.2) is 8.42 Å². The Morgan fingerprint density at radius 3 is 2.27 bits per heavy atom. The maximum atomic E-state index is 13.9. The Hall–Kier alpha value is -3.10. The SMILES string of the molecule is CC[C@@H](C(=O)NCC(C)C)N(Cc1ccccc1Cl)C(=O)CN(c1cccc2ccccc12)S(C)(=O)=O. The Morgan fingerprint density at radius 1 is 0.973 bits per heavy atom. The number of anilines is 1. The maximum absolute atomic E-state index is 13.9. The van der Waals surface area contributed by atoms with E-state index >= 15 is 0 Å². The first kappa shape index (κ1) is 28.5. The summed E-state index contributed by atoms with van der Waals surface area (Å²) in [5.74, 6) is -0.543. The molecular formula is C28H34ClN3O4S. The molecule has 1 N–H and O–H groups in total. The number of carbonyl (C=O) groups is 2. The van der Waals surface area contributed by atoms with Gasteiger partial charge in [0.2, 0.25) is 21.8 Å². The van der Waals surface area contributed by atoms with Crippen LogP contribution in [0, 0.1) is 5.92 Å². The van der Waals surface area contributed by atoms with E-state index in [2.05, 4.69) is 5.32 Å². The lowest BCUT2D eigenvalue weighted by Gasteiger charge is -2.33. The fourth-order valence-electron chi connectivity index (χ4n) is 4.17. The monoisotopic (exact) mass is 543 g/mol. The number of nitrogens with zero attached hydrogens (tertiary/aromatic N) is 2. The topological polar surface area (TPSA) is 86.8 Å². The molecule has 0 unspecified atom stereocenters. The molecule has 0 bridgehead atoms. The van der Waals surface area contributed by atoms with Crippen LogP contribution >= 0.6 is 11.6 Å². The van der Waals surface area contributed by atoms with E-state index in [1.165, 1.54) is 4.90 Å². The first-order chi connectivity index (χ1) is 17.5. The van der Waals surface area contributed by atoms with Crippen molar-refractivity contribution in [2.45, 2.75) is 39.8 Å². The molecule has 0 aliphatic heterocycles. The van der Waals surface area contributed by atoms with Gasteiger partial charge in [-0.1, -0.05) is 87.0 Å². The Kier molecular flexibility index (Phi) is 9.56. The van der Waals surface area contributed by atoms with Gasteiger partial charge in [-0.15, -0.1) is 0 Å². The van der Waals surface area contributed by atoms with Gasteiger partial charge in [0.05, 0.1) is 11.9 Å². The van der Waals surface area contributed by atoms with Crippen LogP contribution in [0.2, 0.25) is 5.02 Å². The van der Waals surface area contributed by atoms with Crippen LogP contribution in [0.25, 0.3) is 10.8 Å². The highest BCUT2D eigenvalue weighted by atomic mass is 35.5. The molecule has 0 heterocycles. The zero-order chi connectivity index (χ0) is 27.2. The predicted molar refractivity (Wildman–Crippen MR) is 150 cm³/mol. The van der Waals surface area contributed by atoms with E-state index in [1.807, 2.05) is 57.2 Å². The first-order valence-corrected chi connectivity index (χ1v) is 14.5. The van der Waals surface area contributed by atoms with Gasteiger partial charge in [-0.3, -0.25) is 13.9 Å². The lowest BCUT2D eigenvalue weighted by atomic mass is 10.1. The lowest BCUT2D eigenvalue weighted by molar-refractivity contribution is -0.140. The predicted octanol–water partition coefficient (Wildman–Crippen LogP) is 4.84. The number of nitrogens with one attached hydrogen (secondary N) is 1. The summed E-state index contributed by atoms with van der Waals surface area (Å²) in [6.45, 7) is 5.88. The van der Waals surface area contributed by atoms with Crippen molar-refractivity contribution in [3.63, 3.8) is 0 Å². The van der Waals surface area contributed by atoms with Crippen molar-refractivity contribution in [1.82, 2.24) is 10.2 Å². The second-order valence-electron chi connectivity index (χ2n) is 9.44. The molecule has 0 fully saturated rings. The molecule has 0 aliphatic carbocycles. The van der Waals surface area contributed by atoms with Crippen molar-refractivity contribution >= 4 is 49.9 Å². The van der Waals surface area contributed by atoms with E-state index in [1.54, 1.807) is 30.3 Å². The number of halogens is 1. The number of carbonyl (C=O) groups excluding carboxylic acids is 2. The van der Waals surface area contributed by atoms with Crippen LogP contribution in [0.5, 0.6) is 0 Å². The minimum atomic E-state index is -3.83. The number of sulfonamides is 1. The van der Waals surface area contributed by atoms with Gasteiger partial charge in [0.15, 0.2) is 0 Å². The summed E-state index contributed by atoms with van der Waals surface area (Å²) >= 11 is 6.40. The van der Waals surface area contributed by atoms with Crippen molar-refractivity contribution in [3.8, 4) is 0 Å². The van der Waals surface area contributed by atoms with Crippen molar-refractivity contribution in [3.05, 3.63) is 77.3 Å². The van der Waals surface area contributed by atoms with Gasteiger partial charge in [-0.05, 0) is 35.4 Å². The van der Waals surface area contributed by atoms with Crippen LogP contribution in [0.3, 0.4) is 0 Å². The first-order valence-electron chi connectivity index (χ1n) is 12.3. The lowest BCUT2D eigenvalue weighted by Crippen LogP contribution is -2.52. The molecule has 1 atom stereocenters. The van der Waals surface area contributed by atoms with Crippen molar-refractivity contribution in [2.75, 3.05) is 23.7 Å². The summed E-state index contributed by atoms with van der Waals surface area (Å²) in [5, 5.41) is 4.94. The molecule has 0 saturated carbocycles. The molecular weight excluding hydrogens is 510 g/mol. The minimum absolute atomic E-state index is 0.0687. The summed E-state index contributed by atoms with van der Waals surface area (Å²) in [6.07, 6.45) is 1.43. The molecule has 0 spiro atoms. The van der Waals surface area contributed by atoms with Crippen LogP contribution in [-0.4, -0.2) is 50.5 Å². The van der Waals surface area contributed by atoms with E-state index < -0.39 is 28.5 Å². The third kappa shape index (κ3) is 7.23. The summed E-state index contributed by atoms with van der Waals surface area (Å²) in [4.78, 5) is 28.5. The van der Waals surface area contributed by atoms with Gasteiger partial charge >= 0.3 is 0 Å². The third-order valence-corrected chi connectivity index (χ3v) is 7.58. The highest BCUT2D eigenvalue weighted by Gasteiger charge is 2.32. The standard InChI is InChI=1S/C28H34ClN3O4S/c1-5-25(28(34)30-17-20(2)3)31(18-22-12-7-9-15-24(22)29)27(33)19-32(37(4,35)36)26-16-10-13-21-11-6-8-14-23(21)26/h6-16,20,25H,5,17-19H2,1-4H3,(H,30,34)/t25-/m0/s1. The summed E-state index contributed by atoms with van der Waals surface area (Å²) < 4.78 is 27.0. The second kappa shape index (κ2) is 12.4. The van der Waals surface area contributed by atoms with Gasteiger partial charge in [0, 0.05) is 23.5 Å². The van der Waals surface area contributed by atoms with Gasteiger partial charge in [0.1, 0.15) is 12.6 Å². The van der Waals surface area contributed by atoms with E-state index in [-0.39, 0.29) is 18.4 Å². The Labute approximate surface area is 224 Å². The fraction of sp³-hybridized carbons (Fsp3) is 0.357. The fourth-order valence-corrected chi connectivity index (χ4v) is 5.23. The van der Waals surface area contributed by atoms with Crippen LogP contribution in [0.1, 0.15) is 32.8 Å². The van der Waals surface area contributed by atoms with Crippen LogP contribution in [0.15, 0.2) is 66.7 Å². The summed E-state index contributed by atoms with van der Waals surface area (Å²) in [6, 6.07) is 19.0.